The number of carbonyl (C=O) groups is 1. The first kappa shape index (κ1) is 14.6. The van der Waals surface area contributed by atoms with Crippen molar-refractivity contribution in [3.8, 4) is 0 Å². The van der Waals surface area contributed by atoms with Crippen molar-refractivity contribution in [1.82, 2.24) is 20.4 Å². The number of nitrogens with one attached hydrogen (secondary N) is 2. The van der Waals surface area contributed by atoms with Gasteiger partial charge in [0.05, 0.1) is 0 Å². The molecular formula is C16H26N4O. The number of amides is 1. The first-order valence-corrected chi connectivity index (χ1v) is 8.17. The number of H-pyrrole nitrogens is 1. The smallest absolute Gasteiger partial charge is 0.271 e. The maximum absolute atomic E-state index is 12.1. The molecule has 21 heavy (non-hydrogen) atoms. The van der Waals surface area contributed by atoms with E-state index in [4.69, 9.17) is 0 Å². The van der Waals surface area contributed by atoms with Crippen molar-refractivity contribution in [2.24, 2.45) is 11.8 Å². The molecule has 5 heteroatoms. The molecular weight excluding hydrogens is 264 g/mol. The van der Waals surface area contributed by atoms with E-state index in [2.05, 4.69) is 34.3 Å². The molecule has 1 aliphatic heterocycles. The Balaban J connectivity index is 1.42. The highest BCUT2D eigenvalue weighted by Gasteiger charge is 2.26. The van der Waals surface area contributed by atoms with Crippen LogP contribution in [0.1, 0.15) is 55.2 Å². The minimum Gasteiger partial charge on any atom is -0.349 e. The third kappa shape index (κ3) is 3.84. The van der Waals surface area contributed by atoms with Crippen LogP contribution < -0.4 is 5.32 Å². The van der Waals surface area contributed by atoms with Gasteiger partial charge in [0, 0.05) is 37.8 Å². The summed E-state index contributed by atoms with van der Waals surface area (Å²) in [6.07, 6.45) is 3.75. The zero-order valence-corrected chi connectivity index (χ0v) is 13.1. The van der Waals surface area contributed by atoms with Gasteiger partial charge in [-0.25, -0.2) is 0 Å². The van der Waals surface area contributed by atoms with Gasteiger partial charge in [-0.1, -0.05) is 13.8 Å². The molecule has 1 aromatic rings. The standard InChI is InChI=1S/C16H26N4O/c1-11-7-12(2)10-20(9-11)6-5-17-16(21)15-8-14(18-19-15)13-3-4-13/h8,11-13H,3-7,9-10H2,1-2H3,(H,17,21)(H,18,19)/t11-,12+. The monoisotopic (exact) mass is 290 g/mol. The van der Waals surface area contributed by atoms with E-state index >= 15 is 0 Å². The molecule has 2 fully saturated rings. The fourth-order valence-corrected chi connectivity index (χ4v) is 3.45. The topological polar surface area (TPSA) is 61.0 Å². The summed E-state index contributed by atoms with van der Waals surface area (Å²) in [5.74, 6) is 2.07. The second kappa shape index (κ2) is 6.18. The van der Waals surface area contributed by atoms with Gasteiger partial charge in [-0.3, -0.25) is 9.89 Å². The number of aromatic amines is 1. The number of hydrogen-bond donors (Lipinski definition) is 2. The number of hydrogen-bond acceptors (Lipinski definition) is 3. The molecule has 2 atom stereocenters. The summed E-state index contributed by atoms with van der Waals surface area (Å²) in [6, 6.07) is 1.90. The molecule has 1 saturated carbocycles. The van der Waals surface area contributed by atoms with E-state index in [0.29, 0.717) is 18.2 Å². The SMILES string of the molecule is C[C@@H]1C[C@H](C)CN(CCNC(=O)c2cc(C3CC3)[nH]n2)C1. The van der Waals surface area contributed by atoms with E-state index in [1.807, 2.05) is 6.07 Å². The summed E-state index contributed by atoms with van der Waals surface area (Å²) in [5.41, 5.74) is 1.64. The Hall–Kier alpha value is -1.36. The second-order valence-electron chi connectivity index (χ2n) is 6.94. The molecule has 1 amide bonds. The highest BCUT2D eigenvalue weighted by Crippen LogP contribution is 2.38. The molecule has 0 aromatic carbocycles. The zero-order chi connectivity index (χ0) is 14.8. The van der Waals surface area contributed by atoms with Crippen LogP contribution in [0.5, 0.6) is 0 Å². The summed E-state index contributed by atoms with van der Waals surface area (Å²) < 4.78 is 0. The highest BCUT2D eigenvalue weighted by molar-refractivity contribution is 5.92. The molecule has 1 saturated heterocycles. The van der Waals surface area contributed by atoms with Gasteiger partial charge in [-0.05, 0) is 37.2 Å². The Morgan fingerprint density at radius 1 is 1.38 bits per heavy atom. The molecule has 0 spiro atoms. The summed E-state index contributed by atoms with van der Waals surface area (Å²) >= 11 is 0. The van der Waals surface area contributed by atoms with Crippen LogP contribution in [0.3, 0.4) is 0 Å². The Bertz CT molecular complexity index is 484. The van der Waals surface area contributed by atoms with Crippen molar-refractivity contribution in [3.05, 3.63) is 17.5 Å². The van der Waals surface area contributed by atoms with Crippen molar-refractivity contribution in [1.29, 1.82) is 0 Å². The van der Waals surface area contributed by atoms with Gasteiger partial charge in [-0.2, -0.15) is 5.10 Å². The summed E-state index contributed by atoms with van der Waals surface area (Å²) in [7, 11) is 0. The number of likely N-dealkylation sites (tertiary alicyclic amines) is 1. The third-order valence-corrected chi connectivity index (χ3v) is 4.51. The van der Waals surface area contributed by atoms with Crippen molar-refractivity contribution in [2.75, 3.05) is 26.2 Å². The Labute approximate surface area is 126 Å². The molecule has 1 aromatic heterocycles. The second-order valence-corrected chi connectivity index (χ2v) is 6.94. The number of aromatic nitrogens is 2. The van der Waals surface area contributed by atoms with Crippen LogP contribution in [0.2, 0.25) is 0 Å². The van der Waals surface area contributed by atoms with Gasteiger partial charge >= 0.3 is 0 Å². The van der Waals surface area contributed by atoms with E-state index in [1.54, 1.807) is 0 Å². The van der Waals surface area contributed by atoms with E-state index in [-0.39, 0.29) is 5.91 Å². The van der Waals surface area contributed by atoms with Crippen LogP contribution in [0, 0.1) is 11.8 Å². The normalized spacial score (nSPS) is 26.8. The molecule has 0 radical (unpaired) electrons. The zero-order valence-electron chi connectivity index (χ0n) is 13.1. The molecule has 3 rings (SSSR count). The lowest BCUT2D eigenvalue weighted by Crippen LogP contribution is -2.42. The first-order chi connectivity index (χ1) is 10.1. The van der Waals surface area contributed by atoms with Crippen LogP contribution in [0.15, 0.2) is 6.07 Å². The molecule has 2 heterocycles. The van der Waals surface area contributed by atoms with Crippen molar-refractivity contribution in [3.63, 3.8) is 0 Å². The van der Waals surface area contributed by atoms with Crippen molar-refractivity contribution < 1.29 is 4.79 Å². The van der Waals surface area contributed by atoms with Gasteiger partial charge in [-0.15, -0.1) is 0 Å². The van der Waals surface area contributed by atoms with Gasteiger partial charge in [0.2, 0.25) is 0 Å². The Morgan fingerprint density at radius 3 is 2.76 bits per heavy atom. The van der Waals surface area contributed by atoms with E-state index in [0.717, 1.165) is 37.2 Å². The van der Waals surface area contributed by atoms with Crippen LogP contribution in [-0.2, 0) is 0 Å². The largest absolute Gasteiger partial charge is 0.349 e. The first-order valence-electron chi connectivity index (χ1n) is 8.17. The summed E-state index contributed by atoms with van der Waals surface area (Å²) in [6.45, 7) is 8.54. The van der Waals surface area contributed by atoms with E-state index < -0.39 is 0 Å². The summed E-state index contributed by atoms with van der Waals surface area (Å²) in [5, 5.41) is 10.1. The number of rotatable bonds is 5. The Kier molecular flexibility index (Phi) is 4.29. The molecule has 116 valence electrons. The van der Waals surface area contributed by atoms with Gasteiger partial charge in [0.1, 0.15) is 5.69 Å². The van der Waals surface area contributed by atoms with Crippen molar-refractivity contribution in [2.45, 2.75) is 39.0 Å². The molecule has 2 aliphatic rings. The fourth-order valence-electron chi connectivity index (χ4n) is 3.45. The average Bonchev–Trinajstić information content (AvgIpc) is 3.15. The predicted octanol–water partition coefficient (Wildman–Crippen LogP) is 1.99. The molecule has 5 nitrogen and oxygen atoms in total. The highest BCUT2D eigenvalue weighted by atomic mass is 16.1. The quantitative estimate of drug-likeness (QED) is 0.872. The number of piperidine rings is 1. The van der Waals surface area contributed by atoms with Gasteiger partial charge < -0.3 is 10.2 Å². The number of carbonyl (C=O) groups excluding carboxylic acids is 1. The molecule has 1 aliphatic carbocycles. The predicted molar refractivity (Wildman–Crippen MR) is 82.3 cm³/mol. The minimum absolute atomic E-state index is 0.0590. The lowest BCUT2D eigenvalue weighted by molar-refractivity contribution is 0.0931. The van der Waals surface area contributed by atoms with Crippen LogP contribution in [0.4, 0.5) is 0 Å². The maximum Gasteiger partial charge on any atom is 0.271 e. The lowest BCUT2D eigenvalue weighted by atomic mass is 9.92. The maximum atomic E-state index is 12.1. The van der Waals surface area contributed by atoms with Crippen LogP contribution in [-0.4, -0.2) is 47.2 Å². The van der Waals surface area contributed by atoms with Crippen molar-refractivity contribution >= 4 is 5.91 Å². The third-order valence-electron chi connectivity index (χ3n) is 4.51. The molecule has 0 unspecified atom stereocenters. The van der Waals surface area contributed by atoms with E-state index in [1.165, 1.54) is 19.3 Å². The average molecular weight is 290 g/mol. The summed E-state index contributed by atoms with van der Waals surface area (Å²) in [4.78, 5) is 14.5. The number of nitrogens with zero attached hydrogens (tertiary/aromatic N) is 2. The fraction of sp³-hybridized carbons (Fsp3) is 0.750. The minimum atomic E-state index is -0.0590. The van der Waals surface area contributed by atoms with Gasteiger partial charge in [0.25, 0.3) is 5.91 Å². The van der Waals surface area contributed by atoms with Gasteiger partial charge in [0.15, 0.2) is 0 Å². The molecule has 2 N–H and O–H groups in total. The van der Waals surface area contributed by atoms with Crippen LogP contribution in [0.25, 0.3) is 0 Å². The lowest BCUT2D eigenvalue weighted by Gasteiger charge is -2.34. The van der Waals surface area contributed by atoms with Crippen LogP contribution >= 0.6 is 0 Å². The van der Waals surface area contributed by atoms with E-state index in [9.17, 15) is 4.79 Å². The molecule has 0 bridgehead atoms. The Morgan fingerprint density at radius 2 is 2.10 bits per heavy atom.